The number of rotatable bonds is 48. The van der Waals surface area contributed by atoms with E-state index >= 15 is 0 Å². The van der Waals surface area contributed by atoms with Crippen LogP contribution in [0.3, 0.4) is 0 Å². The Morgan fingerprint density at radius 1 is 0.467 bits per heavy atom. The number of carboxylic acids is 1. The van der Waals surface area contributed by atoms with Gasteiger partial charge in [0.25, 0.3) is 0 Å². The van der Waals surface area contributed by atoms with Gasteiger partial charge in [-0.15, -0.1) is 0 Å². The molecule has 0 rings (SSSR count). The molecule has 0 saturated heterocycles. The molecule has 11 nitrogen and oxygen atoms in total. The minimum Gasteiger partial charge on any atom is -0.480 e. The van der Waals surface area contributed by atoms with Gasteiger partial charge in [0, 0.05) is 12.8 Å². The van der Waals surface area contributed by atoms with Gasteiger partial charge >= 0.3 is 19.8 Å². The van der Waals surface area contributed by atoms with Gasteiger partial charge in [-0.2, -0.15) is 0 Å². The number of amides is 1. The van der Waals surface area contributed by atoms with E-state index in [2.05, 4.69) is 19.2 Å². The normalized spacial score (nSPS) is 13.5. The van der Waals surface area contributed by atoms with Crippen molar-refractivity contribution in [1.29, 1.82) is 0 Å². The van der Waals surface area contributed by atoms with Crippen LogP contribution in [0.25, 0.3) is 0 Å². The quantitative estimate of drug-likeness (QED) is 0.0262. The Morgan fingerprint density at radius 3 is 1.10 bits per heavy atom. The summed E-state index contributed by atoms with van der Waals surface area (Å²) in [6.45, 7) is 2.64. The Bertz CT molecular complexity index is 1030. The van der Waals surface area contributed by atoms with Crippen molar-refractivity contribution in [3.05, 3.63) is 0 Å². The molecule has 0 fully saturated rings. The summed E-state index contributed by atoms with van der Waals surface area (Å²) in [5, 5.41) is 21.9. The van der Waals surface area contributed by atoms with Crippen LogP contribution in [0, 0.1) is 0 Å². The third-order valence-electron chi connectivity index (χ3n) is 11.4. The highest BCUT2D eigenvalue weighted by Crippen LogP contribution is 2.43. The molecule has 1 amide bonds. The number of hydrogen-bond acceptors (Lipinski definition) is 8. The Kier molecular flexibility index (Phi) is 43.0. The van der Waals surface area contributed by atoms with E-state index in [-0.39, 0.29) is 12.8 Å². The number of hydrogen-bond donors (Lipinski definition) is 4. The highest BCUT2D eigenvalue weighted by atomic mass is 31.2. The predicted molar refractivity (Wildman–Crippen MR) is 245 cm³/mol. The highest BCUT2D eigenvalue weighted by molar-refractivity contribution is 7.47. The van der Waals surface area contributed by atoms with Crippen LogP contribution in [0.5, 0.6) is 0 Å². The second-order valence-corrected chi connectivity index (χ2v) is 18.8. The van der Waals surface area contributed by atoms with E-state index in [1.165, 1.54) is 180 Å². The van der Waals surface area contributed by atoms with Crippen LogP contribution < -0.4 is 5.32 Å². The highest BCUT2D eigenvalue weighted by Gasteiger charge is 2.28. The third kappa shape index (κ3) is 43.1. The lowest BCUT2D eigenvalue weighted by Crippen LogP contribution is -2.43. The van der Waals surface area contributed by atoms with Gasteiger partial charge in [0.05, 0.1) is 13.2 Å². The van der Waals surface area contributed by atoms with Gasteiger partial charge in [-0.05, 0) is 12.8 Å². The molecular formula is C48H94NO10P. The molecule has 0 bridgehead atoms. The van der Waals surface area contributed by atoms with Gasteiger partial charge < -0.3 is 25.2 Å². The average Bonchev–Trinajstić information content (AvgIpc) is 3.22. The number of carbonyl (C=O) groups is 3. The first kappa shape index (κ1) is 58.5. The van der Waals surface area contributed by atoms with Crippen LogP contribution in [-0.4, -0.2) is 64.9 Å². The molecule has 0 radical (unpaired) electrons. The second-order valence-electron chi connectivity index (χ2n) is 17.4. The largest absolute Gasteiger partial charge is 0.480 e. The molecule has 0 spiro atoms. The number of ether oxygens (including phenoxy) is 1. The lowest BCUT2D eigenvalue weighted by molar-refractivity contribution is -0.147. The van der Waals surface area contributed by atoms with E-state index in [0.29, 0.717) is 12.8 Å². The lowest BCUT2D eigenvalue weighted by Gasteiger charge is -2.18. The third-order valence-corrected chi connectivity index (χ3v) is 12.3. The van der Waals surface area contributed by atoms with E-state index in [4.69, 9.17) is 13.8 Å². The molecule has 0 aliphatic heterocycles. The molecule has 0 aromatic carbocycles. The fourth-order valence-corrected chi connectivity index (χ4v) is 8.27. The van der Waals surface area contributed by atoms with Gasteiger partial charge in [0.1, 0.15) is 12.7 Å². The summed E-state index contributed by atoms with van der Waals surface area (Å²) in [6.07, 6.45) is 44.2. The van der Waals surface area contributed by atoms with Crippen molar-refractivity contribution >= 4 is 25.7 Å². The van der Waals surface area contributed by atoms with E-state index < -0.39 is 57.6 Å². The Hall–Kier alpha value is -1.52. The fourth-order valence-electron chi connectivity index (χ4n) is 7.50. The molecule has 0 aliphatic rings. The number of carboxylic acid groups (broad SMARTS) is 1. The molecule has 0 aromatic rings. The van der Waals surface area contributed by atoms with Gasteiger partial charge in [-0.25, -0.2) is 9.36 Å². The number of aliphatic hydroxyl groups excluding tert-OH is 1. The number of aliphatic carboxylic acids is 1. The van der Waals surface area contributed by atoms with E-state index in [0.717, 1.165) is 38.5 Å². The molecule has 60 heavy (non-hydrogen) atoms. The van der Waals surface area contributed by atoms with Crippen LogP contribution >= 0.6 is 7.82 Å². The van der Waals surface area contributed by atoms with Crippen molar-refractivity contribution in [2.45, 2.75) is 270 Å². The number of esters is 1. The minimum atomic E-state index is -4.75. The standard InChI is InChI=1S/C48H94NO10P/c1-3-5-7-9-11-13-15-17-18-19-20-21-22-23-24-25-26-28-29-31-33-35-37-39-46(51)49-45(48(53)54)43-59-60(55,56)58-42-44(50)41-57-47(52)40-38-36-34-32-30-27-16-14-12-10-8-6-4-2/h44-45,50H,3-43H2,1-2H3,(H,49,51)(H,53,54)(H,55,56). The van der Waals surface area contributed by atoms with Crippen molar-refractivity contribution in [2.24, 2.45) is 0 Å². The first-order valence-corrected chi connectivity index (χ1v) is 26.6. The molecular weight excluding hydrogens is 781 g/mol. The number of aliphatic hydroxyl groups is 1. The summed E-state index contributed by atoms with van der Waals surface area (Å²) in [6, 6.07) is -1.54. The van der Waals surface area contributed by atoms with Crippen molar-refractivity contribution < 1.29 is 47.8 Å². The van der Waals surface area contributed by atoms with Crippen LogP contribution in [0.1, 0.15) is 258 Å². The summed E-state index contributed by atoms with van der Waals surface area (Å²) in [5.41, 5.74) is 0. The molecule has 3 atom stereocenters. The van der Waals surface area contributed by atoms with E-state index in [1.54, 1.807) is 0 Å². The monoisotopic (exact) mass is 876 g/mol. The second kappa shape index (κ2) is 44.1. The zero-order valence-electron chi connectivity index (χ0n) is 38.8. The summed E-state index contributed by atoms with van der Waals surface area (Å²) in [7, 11) is -4.75. The number of phosphoric ester groups is 1. The van der Waals surface area contributed by atoms with Crippen molar-refractivity contribution in [3.63, 3.8) is 0 Å². The Balaban J connectivity index is 3.78. The van der Waals surface area contributed by atoms with Crippen LogP contribution in [0.15, 0.2) is 0 Å². The topological polar surface area (TPSA) is 169 Å². The molecule has 4 N–H and O–H groups in total. The van der Waals surface area contributed by atoms with E-state index in [9.17, 15) is 34.1 Å². The first-order chi connectivity index (χ1) is 29.1. The van der Waals surface area contributed by atoms with Gasteiger partial charge in [0.15, 0.2) is 6.04 Å². The SMILES string of the molecule is CCCCCCCCCCCCCCCCCCCCCCCCCC(=O)NC(COP(=O)(O)OCC(O)COC(=O)CCCCCCCCCCCCCCC)C(=O)O. The molecule has 0 aliphatic carbocycles. The van der Waals surface area contributed by atoms with E-state index in [1.807, 2.05) is 0 Å². The summed E-state index contributed by atoms with van der Waals surface area (Å²) < 4.78 is 26.9. The summed E-state index contributed by atoms with van der Waals surface area (Å²) in [5.74, 6) is -2.35. The van der Waals surface area contributed by atoms with Gasteiger partial charge in [-0.1, -0.05) is 232 Å². The maximum absolute atomic E-state index is 12.4. The molecule has 12 heteroatoms. The zero-order valence-corrected chi connectivity index (χ0v) is 39.7. The number of nitrogens with one attached hydrogen (secondary N) is 1. The van der Waals surface area contributed by atoms with Crippen LogP contribution in [0.4, 0.5) is 0 Å². The Morgan fingerprint density at radius 2 is 0.767 bits per heavy atom. The molecule has 0 heterocycles. The van der Waals surface area contributed by atoms with Crippen molar-refractivity contribution in [3.8, 4) is 0 Å². The smallest absolute Gasteiger partial charge is 0.472 e. The van der Waals surface area contributed by atoms with Crippen molar-refractivity contribution in [2.75, 3.05) is 19.8 Å². The number of unbranched alkanes of at least 4 members (excludes halogenated alkanes) is 34. The number of phosphoric acid groups is 1. The fraction of sp³-hybridized carbons (Fsp3) is 0.938. The number of carbonyl (C=O) groups excluding carboxylic acids is 2. The van der Waals surface area contributed by atoms with Crippen molar-refractivity contribution in [1.82, 2.24) is 5.32 Å². The van der Waals surface area contributed by atoms with Gasteiger partial charge in [-0.3, -0.25) is 18.6 Å². The lowest BCUT2D eigenvalue weighted by atomic mass is 10.0. The molecule has 0 aromatic heterocycles. The van der Waals surface area contributed by atoms with Crippen LogP contribution in [-0.2, 0) is 32.7 Å². The maximum Gasteiger partial charge on any atom is 0.472 e. The first-order valence-electron chi connectivity index (χ1n) is 25.1. The zero-order chi connectivity index (χ0) is 44.2. The summed E-state index contributed by atoms with van der Waals surface area (Å²) in [4.78, 5) is 46.0. The molecule has 0 saturated carbocycles. The van der Waals surface area contributed by atoms with Crippen LogP contribution in [0.2, 0.25) is 0 Å². The maximum atomic E-state index is 12.4. The molecule has 3 unspecified atom stereocenters. The Labute approximate surface area is 367 Å². The average molecular weight is 876 g/mol. The molecule has 356 valence electrons. The minimum absolute atomic E-state index is 0.153. The summed E-state index contributed by atoms with van der Waals surface area (Å²) >= 11 is 0. The van der Waals surface area contributed by atoms with Gasteiger partial charge in [0.2, 0.25) is 5.91 Å². The predicted octanol–water partition coefficient (Wildman–Crippen LogP) is 13.5.